The van der Waals surface area contributed by atoms with Gasteiger partial charge in [0, 0.05) is 35.6 Å². The SMILES string of the molecule is CCOc1ccc(C(=O)Nc2sc3c(c2-c2nc4ccccc4s2)CCN(Cc2ccccc2)C3)cc1. The molecule has 0 spiro atoms. The molecule has 0 aliphatic carbocycles. The summed E-state index contributed by atoms with van der Waals surface area (Å²) in [5, 5.41) is 5.08. The third-order valence-electron chi connectivity index (χ3n) is 6.55. The smallest absolute Gasteiger partial charge is 0.256 e. The number of benzene rings is 3. The Bertz CT molecular complexity index is 1510. The van der Waals surface area contributed by atoms with E-state index in [0.29, 0.717) is 12.2 Å². The summed E-state index contributed by atoms with van der Waals surface area (Å²) in [6.45, 7) is 5.31. The van der Waals surface area contributed by atoms with Crippen molar-refractivity contribution in [1.82, 2.24) is 9.88 Å². The summed E-state index contributed by atoms with van der Waals surface area (Å²) in [4.78, 5) is 22.0. The number of fused-ring (bicyclic) bond motifs is 2. The molecule has 2 aromatic heterocycles. The molecule has 1 aliphatic heterocycles. The molecule has 0 saturated carbocycles. The van der Waals surface area contributed by atoms with Crippen molar-refractivity contribution in [3.05, 3.63) is 100 Å². The molecule has 0 radical (unpaired) electrons. The summed E-state index contributed by atoms with van der Waals surface area (Å²) in [5.41, 5.74) is 5.32. The second-order valence-electron chi connectivity index (χ2n) is 9.05. The van der Waals surface area contributed by atoms with E-state index in [9.17, 15) is 4.79 Å². The van der Waals surface area contributed by atoms with Crippen molar-refractivity contribution in [3.63, 3.8) is 0 Å². The van der Waals surface area contributed by atoms with Gasteiger partial charge in [0.1, 0.15) is 15.8 Å². The number of aromatic nitrogens is 1. The topological polar surface area (TPSA) is 54.5 Å². The first-order chi connectivity index (χ1) is 18.2. The lowest BCUT2D eigenvalue weighted by atomic mass is 10.0. The highest BCUT2D eigenvalue weighted by molar-refractivity contribution is 7.23. The number of hydrogen-bond acceptors (Lipinski definition) is 6. The highest BCUT2D eigenvalue weighted by Gasteiger charge is 2.28. The lowest BCUT2D eigenvalue weighted by Gasteiger charge is -2.27. The number of anilines is 1. The number of amides is 1. The van der Waals surface area contributed by atoms with Crippen LogP contribution in [0.5, 0.6) is 5.75 Å². The number of nitrogens with zero attached hydrogens (tertiary/aromatic N) is 2. The van der Waals surface area contributed by atoms with Crippen LogP contribution in [0.3, 0.4) is 0 Å². The van der Waals surface area contributed by atoms with Crippen molar-refractivity contribution < 1.29 is 9.53 Å². The van der Waals surface area contributed by atoms with Crippen LogP contribution in [0.15, 0.2) is 78.9 Å². The van der Waals surface area contributed by atoms with Gasteiger partial charge in [0.15, 0.2) is 0 Å². The fourth-order valence-electron chi connectivity index (χ4n) is 4.77. The molecular weight excluding hydrogens is 498 g/mol. The average molecular weight is 526 g/mol. The minimum atomic E-state index is -0.120. The van der Waals surface area contributed by atoms with Gasteiger partial charge in [-0.15, -0.1) is 22.7 Å². The van der Waals surface area contributed by atoms with Crippen molar-refractivity contribution in [2.24, 2.45) is 0 Å². The maximum atomic E-state index is 13.3. The summed E-state index contributed by atoms with van der Waals surface area (Å²) in [6, 6.07) is 26.1. The number of thiazole rings is 1. The molecule has 37 heavy (non-hydrogen) atoms. The van der Waals surface area contributed by atoms with E-state index < -0.39 is 0 Å². The molecule has 3 heterocycles. The first kappa shape index (κ1) is 23.9. The van der Waals surface area contributed by atoms with E-state index in [1.165, 1.54) is 16.0 Å². The third-order valence-corrected chi connectivity index (χ3v) is 8.73. The highest BCUT2D eigenvalue weighted by atomic mass is 32.1. The summed E-state index contributed by atoms with van der Waals surface area (Å²) in [6.07, 6.45) is 0.933. The predicted molar refractivity (Wildman–Crippen MR) is 153 cm³/mol. The summed E-state index contributed by atoms with van der Waals surface area (Å²) in [5.74, 6) is 0.643. The van der Waals surface area contributed by atoms with E-state index in [1.807, 2.05) is 49.4 Å². The lowest BCUT2D eigenvalue weighted by Crippen LogP contribution is -2.29. The van der Waals surface area contributed by atoms with E-state index in [4.69, 9.17) is 9.72 Å². The van der Waals surface area contributed by atoms with Gasteiger partial charge in [0.05, 0.1) is 16.8 Å². The Kier molecular flexibility index (Phi) is 6.74. The van der Waals surface area contributed by atoms with Crippen molar-refractivity contribution in [2.75, 3.05) is 18.5 Å². The quantitative estimate of drug-likeness (QED) is 0.243. The van der Waals surface area contributed by atoms with E-state index in [2.05, 4.69) is 46.6 Å². The van der Waals surface area contributed by atoms with Crippen LogP contribution in [0.4, 0.5) is 5.00 Å². The van der Waals surface area contributed by atoms with Crippen molar-refractivity contribution >= 4 is 43.8 Å². The highest BCUT2D eigenvalue weighted by Crippen LogP contribution is 2.46. The number of thiophene rings is 1. The van der Waals surface area contributed by atoms with Gasteiger partial charge in [-0.2, -0.15) is 0 Å². The molecular formula is C30H27N3O2S2. The number of nitrogens with one attached hydrogen (secondary N) is 1. The monoisotopic (exact) mass is 525 g/mol. The molecule has 1 aliphatic rings. The third kappa shape index (κ3) is 5.03. The zero-order valence-corrected chi connectivity index (χ0v) is 22.2. The zero-order valence-electron chi connectivity index (χ0n) is 20.6. The molecule has 1 N–H and O–H groups in total. The number of carbonyl (C=O) groups excluding carboxylic acids is 1. The minimum Gasteiger partial charge on any atom is -0.494 e. The number of para-hydroxylation sites is 1. The fourth-order valence-corrected chi connectivity index (χ4v) is 7.17. The fraction of sp³-hybridized carbons (Fsp3) is 0.200. The van der Waals surface area contributed by atoms with Gasteiger partial charge in [0.25, 0.3) is 5.91 Å². The molecule has 0 bridgehead atoms. The van der Waals surface area contributed by atoms with Crippen molar-refractivity contribution in [1.29, 1.82) is 0 Å². The normalized spacial score (nSPS) is 13.4. The summed E-state index contributed by atoms with van der Waals surface area (Å²) >= 11 is 3.37. The summed E-state index contributed by atoms with van der Waals surface area (Å²) in [7, 11) is 0. The molecule has 0 saturated heterocycles. The molecule has 7 heteroatoms. The molecule has 3 aromatic carbocycles. The van der Waals surface area contributed by atoms with Gasteiger partial charge in [-0.25, -0.2) is 4.98 Å². The number of hydrogen-bond donors (Lipinski definition) is 1. The van der Waals surface area contributed by atoms with Crippen LogP contribution in [-0.4, -0.2) is 28.9 Å². The van der Waals surface area contributed by atoms with Crippen LogP contribution in [-0.2, 0) is 19.5 Å². The predicted octanol–water partition coefficient (Wildman–Crippen LogP) is 7.23. The second-order valence-corrected chi connectivity index (χ2v) is 11.2. The molecule has 6 rings (SSSR count). The Morgan fingerprint density at radius 3 is 2.57 bits per heavy atom. The van der Waals surface area contributed by atoms with Crippen LogP contribution in [0, 0.1) is 0 Å². The van der Waals surface area contributed by atoms with E-state index >= 15 is 0 Å². The molecule has 1 amide bonds. The number of carbonyl (C=O) groups is 1. The van der Waals surface area contributed by atoms with Crippen LogP contribution < -0.4 is 10.1 Å². The number of ether oxygens (including phenoxy) is 1. The van der Waals surface area contributed by atoms with Crippen LogP contribution in [0.25, 0.3) is 20.8 Å². The molecule has 5 nitrogen and oxygen atoms in total. The molecule has 0 fully saturated rings. The van der Waals surface area contributed by atoms with E-state index in [0.717, 1.165) is 57.6 Å². The zero-order chi connectivity index (χ0) is 25.2. The Hall–Kier alpha value is -3.52. The first-order valence-electron chi connectivity index (χ1n) is 12.5. The largest absolute Gasteiger partial charge is 0.494 e. The van der Waals surface area contributed by atoms with Gasteiger partial charge < -0.3 is 10.1 Å². The van der Waals surface area contributed by atoms with E-state index in [-0.39, 0.29) is 5.91 Å². The molecule has 186 valence electrons. The second kappa shape index (κ2) is 10.5. The van der Waals surface area contributed by atoms with Gasteiger partial charge in [-0.3, -0.25) is 9.69 Å². The molecule has 0 atom stereocenters. The maximum Gasteiger partial charge on any atom is 0.256 e. The Morgan fingerprint density at radius 1 is 1.00 bits per heavy atom. The van der Waals surface area contributed by atoms with Gasteiger partial charge in [0.2, 0.25) is 0 Å². The minimum absolute atomic E-state index is 0.120. The first-order valence-corrected chi connectivity index (χ1v) is 14.1. The Balaban J connectivity index is 1.33. The van der Waals surface area contributed by atoms with Gasteiger partial charge >= 0.3 is 0 Å². The van der Waals surface area contributed by atoms with Crippen LogP contribution in [0.1, 0.15) is 33.3 Å². The molecule has 0 unspecified atom stereocenters. The lowest BCUT2D eigenvalue weighted by molar-refractivity contribution is 0.102. The maximum absolute atomic E-state index is 13.3. The van der Waals surface area contributed by atoms with E-state index in [1.54, 1.807) is 22.7 Å². The van der Waals surface area contributed by atoms with Crippen molar-refractivity contribution in [3.8, 4) is 16.3 Å². The van der Waals surface area contributed by atoms with Crippen molar-refractivity contribution in [2.45, 2.75) is 26.4 Å². The summed E-state index contributed by atoms with van der Waals surface area (Å²) < 4.78 is 6.69. The molecule has 5 aromatic rings. The van der Waals surface area contributed by atoms with Gasteiger partial charge in [-0.05, 0) is 60.9 Å². The standard InChI is InChI=1S/C30H27N3O2S2/c1-2-35-22-14-12-21(13-15-22)28(34)32-30-27(29-31-24-10-6-7-11-25(24)36-29)23-16-17-33(19-26(23)37-30)18-20-8-4-3-5-9-20/h3-15H,2,16-19H2,1H3,(H,32,34). The number of rotatable bonds is 7. The van der Waals surface area contributed by atoms with Crippen LogP contribution in [0.2, 0.25) is 0 Å². The Morgan fingerprint density at radius 2 is 1.78 bits per heavy atom. The van der Waals surface area contributed by atoms with Gasteiger partial charge in [-0.1, -0.05) is 42.5 Å². The Labute approximate surface area is 224 Å². The average Bonchev–Trinajstić information content (AvgIpc) is 3.50. The van der Waals surface area contributed by atoms with Crippen LogP contribution >= 0.6 is 22.7 Å².